The standard InChI is InChI=1S/C13H15Cl2N3O2S/c1-8(10-4-6-11(14)7-5-10)17-21(19,20)12-9(2)16-18(3)13(12)15/h4-8,17H,1-3H3. The van der Waals surface area contributed by atoms with Gasteiger partial charge in [-0.1, -0.05) is 35.3 Å². The molecule has 0 bridgehead atoms. The smallest absolute Gasteiger partial charge is 0.246 e. The molecule has 0 radical (unpaired) electrons. The molecule has 114 valence electrons. The van der Waals surface area contributed by atoms with E-state index in [9.17, 15) is 8.42 Å². The van der Waals surface area contributed by atoms with E-state index in [1.807, 2.05) is 0 Å². The van der Waals surface area contributed by atoms with Gasteiger partial charge in [-0.05, 0) is 31.5 Å². The van der Waals surface area contributed by atoms with E-state index in [2.05, 4.69) is 9.82 Å². The van der Waals surface area contributed by atoms with Gasteiger partial charge in [-0.25, -0.2) is 13.1 Å². The van der Waals surface area contributed by atoms with Gasteiger partial charge in [0, 0.05) is 18.1 Å². The zero-order valence-corrected chi connectivity index (χ0v) is 14.1. The Bertz CT molecular complexity index is 754. The Hall–Kier alpha value is -1.08. The number of nitrogens with one attached hydrogen (secondary N) is 1. The second kappa shape index (κ2) is 5.96. The van der Waals surface area contributed by atoms with Gasteiger partial charge in [-0.3, -0.25) is 4.68 Å². The van der Waals surface area contributed by atoms with Crippen molar-refractivity contribution in [2.45, 2.75) is 24.8 Å². The molecule has 1 aromatic heterocycles. The topological polar surface area (TPSA) is 64.0 Å². The maximum absolute atomic E-state index is 12.5. The molecule has 8 heteroatoms. The van der Waals surface area contributed by atoms with Gasteiger partial charge in [0.05, 0.1) is 5.69 Å². The monoisotopic (exact) mass is 347 g/mol. The third-order valence-corrected chi connectivity index (χ3v) is 5.56. The summed E-state index contributed by atoms with van der Waals surface area (Å²) in [5, 5.41) is 4.70. The number of hydrogen-bond acceptors (Lipinski definition) is 3. The molecular weight excluding hydrogens is 333 g/mol. The number of halogens is 2. The fraction of sp³-hybridized carbons (Fsp3) is 0.308. The summed E-state index contributed by atoms with van der Waals surface area (Å²) in [4.78, 5) is 0.00693. The second-order valence-electron chi connectivity index (χ2n) is 4.72. The second-order valence-corrected chi connectivity index (χ2v) is 7.17. The predicted octanol–water partition coefficient (Wildman–Crippen LogP) is 3.07. The van der Waals surface area contributed by atoms with Crippen LogP contribution in [0.2, 0.25) is 10.2 Å². The molecule has 2 rings (SSSR count). The summed E-state index contributed by atoms with van der Waals surface area (Å²) in [6.07, 6.45) is 0. The van der Waals surface area contributed by atoms with Crippen LogP contribution in [0.1, 0.15) is 24.2 Å². The lowest BCUT2D eigenvalue weighted by Gasteiger charge is -2.14. The molecule has 0 aliphatic carbocycles. The Balaban J connectivity index is 2.31. The van der Waals surface area contributed by atoms with Crippen molar-refractivity contribution < 1.29 is 8.42 Å². The molecule has 1 atom stereocenters. The van der Waals surface area contributed by atoms with E-state index in [4.69, 9.17) is 23.2 Å². The van der Waals surface area contributed by atoms with E-state index in [0.29, 0.717) is 10.7 Å². The number of sulfonamides is 1. The minimum Gasteiger partial charge on any atom is -0.255 e. The van der Waals surface area contributed by atoms with Crippen molar-refractivity contribution in [1.82, 2.24) is 14.5 Å². The lowest BCUT2D eigenvalue weighted by molar-refractivity contribution is 0.566. The minimum absolute atomic E-state index is 0.00693. The summed E-state index contributed by atoms with van der Waals surface area (Å²) in [5.41, 5.74) is 1.17. The number of hydrogen-bond donors (Lipinski definition) is 1. The van der Waals surface area contributed by atoms with Gasteiger partial charge < -0.3 is 0 Å². The quantitative estimate of drug-likeness (QED) is 0.924. The number of rotatable bonds is 4. The highest BCUT2D eigenvalue weighted by molar-refractivity contribution is 7.89. The molecule has 0 amide bonds. The fourth-order valence-electron chi connectivity index (χ4n) is 2.03. The molecule has 1 heterocycles. The van der Waals surface area contributed by atoms with Gasteiger partial charge in [0.1, 0.15) is 10.0 Å². The van der Waals surface area contributed by atoms with E-state index >= 15 is 0 Å². The van der Waals surface area contributed by atoms with E-state index < -0.39 is 16.1 Å². The van der Waals surface area contributed by atoms with Crippen molar-refractivity contribution >= 4 is 33.2 Å². The van der Waals surface area contributed by atoms with Crippen LogP contribution < -0.4 is 4.72 Å². The molecule has 0 spiro atoms. The normalized spacial score (nSPS) is 13.4. The Morgan fingerprint density at radius 3 is 2.29 bits per heavy atom. The highest BCUT2D eigenvalue weighted by atomic mass is 35.5. The number of benzene rings is 1. The van der Waals surface area contributed by atoms with E-state index in [1.54, 1.807) is 45.2 Å². The zero-order valence-electron chi connectivity index (χ0n) is 11.8. The Morgan fingerprint density at radius 1 is 1.24 bits per heavy atom. The first-order valence-electron chi connectivity index (χ1n) is 6.19. The molecule has 21 heavy (non-hydrogen) atoms. The first-order chi connectivity index (χ1) is 9.72. The lowest BCUT2D eigenvalue weighted by Crippen LogP contribution is -2.27. The summed E-state index contributed by atoms with van der Waals surface area (Å²) >= 11 is 11.8. The zero-order chi connectivity index (χ0) is 15.8. The minimum atomic E-state index is -3.76. The molecule has 0 aliphatic rings. The molecule has 2 aromatic rings. The SMILES string of the molecule is Cc1nn(C)c(Cl)c1S(=O)(=O)NC(C)c1ccc(Cl)cc1. The van der Waals surface area contributed by atoms with Crippen LogP contribution in [0.15, 0.2) is 29.2 Å². The Kier molecular flexibility index (Phi) is 4.63. The lowest BCUT2D eigenvalue weighted by atomic mass is 10.1. The molecule has 0 saturated heterocycles. The van der Waals surface area contributed by atoms with Crippen LogP contribution in [0.3, 0.4) is 0 Å². The van der Waals surface area contributed by atoms with Gasteiger partial charge in [-0.2, -0.15) is 5.10 Å². The molecule has 5 nitrogen and oxygen atoms in total. The molecule has 0 saturated carbocycles. The third-order valence-electron chi connectivity index (χ3n) is 3.07. The van der Waals surface area contributed by atoms with Crippen molar-refractivity contribution in [2.24, 2.45) is 7.05 Å². The van der Waals surface area contributed by atoms with Gasteiger partial charge in [0.25, 0.3) is 0 Å². The van der Waals surface area contributed by atoms with E-state index in [0.717, 1.165) is 5.56 Å². The number of aromatic nitrogens is 2. The number of nitrogens with zero attached hydrogens (tertiary/aromatic N) is 2. The maximum atomic E-state index is 12.5. The van der Waals surface area contributed by atoms with Gasteiger partial charge in [-0.15, -0.1) is 0 Å². The first kappa shape index (κ1) is 16.3. The summed E-state index contributed by atoms with van der Waals surface area (Å²) < 4.78 is 28.9. The Morgan fingerprint density at radius 2 is 1.81 bits per heavy atom. The highest BCUT2D eigenvalue weighted by Crippen LogP contribution is 2.26. The van der Waals surface area contributed by atoms with Crippen LogP contribution in [-0.2, 0) is 17.1 Å². The molecule has 0 fully saturated rings. The number of aryl methyl sites for hydroxylation is 2. The van der Waals surface area contributed by atoms with Gasteiger partial charge >= 0.3 is 0 Å². The first-order valence-corrected chi connectivity index (χ1v) is 8.43. The Labute approximate surface area is 133 Å². The summed E-state index contributed by atoms with van der Waals surface area (Å²) in [5.74, 6) is 0. The summed E-state index contributed by atoms with van der Waals surface area (Å²) in [7, 11) is -2.16. The van der Waals surface area contributed by atoms with Crippen molar-refractivity contribution in [3.8, 4) is 0 Å². The van der Waals surface area contributed by atoms with Crippen molar-refractivity contribution in [3.63, 3.8) is 0 Å². The van der Waals surface area contributed by atoms with Crippen LogP contribution in [-0.4, -0.2) is 18.2 Å². The summed E-state index contributed by atoms with van der Waals surface area (Å²) in [6.45, 7) is 3.35. The van der Waals surface area contributed by atoms with Crippen LogP contribution in [0.25, 0.3) is 0 Å². The summed E-state index contributed by atoms with van der Waals surface area (Å²) in [6, 6.07) is 6.55. The van der Waals surface area contributed by atoms with Crippen LogP contribution in [0.4, 0.5) is 0 Å². The van der Waals surface area contributed by atoms with Crippen molar-refractivity contribution in [2.75, 3.05) is 0 Å². The van der Waals surface area contributed by atoms with Crippen molar-refractivity contribution in [1.29, 1.82) is 0 Å². The van der Waals surface area contributed by atoms with Gasteiger partial charge in [0.15, 0.2) is 0 Å². The molecule has 1 aromatic carbocycles. The average molecular weight is 348 g/mol. The predicted molar refractivity (Wildman–Crippen MR) is 83.1 cm³/mol. The molecule has 1 unspecified atom stereocenters. The van der Waals surface area contributed by atoms with Gasteiger partial charge in [0.2, 0.25) is 10.0 Å². The maximum Gasteiger partial charge on any atom is 0.246 e. The van der Waals surface area contributed by atoms with Crippen LogP contribution in [0.5, 0.6) is 0 Å². The average Bonchev–Trinajstić information content (AvgIpc) is 2.63. The fourth-order valence-corrected chi connectivity index (χ4v) is 4.14. The largest absolute Gasteiger partial charge is 0.255 e. The molecular formula is C13H15Cl2N3O2S. The van der Waals surface area contributed by atoms with Crippen LogP contribution in [0, 0.1) is 6.92 Å². The third kappa shape index (κ3) is 3.40. The van der Waals surface area contributed by atoms with Crippen molar-refractivity contribution in [3.05, 3.63) is 45.7 Å². The highest BCUT2D eigenvalue weighted by Gasteiger charge is 2.26. The van der Waals surface area contributed by atoms with E-state index in [1.165, 1.54) is 4.68 Å². The van der Waals surface area contributed by atoms with E-state index in [-0.39, 0.29) is 10.0 Å². The molecule has 1 N–H and O–H groups in total. The van der Waals surface area contributed by atoms with Crippen LogP contribution >= 0.6 is 23.2 Å². The molecule has 0 aliphatic heterocycles.